The molecule has 0 N–H and O–H groups in total. The maximum Gasteiger partial charge on any atom is 0.195 e. The molecule has 8 aromatic carbocycles. The number of nitriles is 1. The Balaban J connectivity index is 0.984. The summed E-state index contributed by atoms with van der Waals surface area (Å²) in [5, 5.41) is 13.8. The van der Waals surface area contributed by atoms with Gasteiger partial charge < -0.3 is 9.13 Å². The first kappa shape index (κ1) is 36.0. The van der Waals surface area contributed by atoms with E-state index < -0.39 is 0 Å². The first-order valence-electron chi connectivity index (χ1n) is 20.1. The highest BCUT2D eigenvalue weighted by Crippen LogP contribution is 2.40. The molecule has 0 radical (unpaired) electrons. The second kappa shape index (κ2) is 14.6. The molecule has 0 atom stereocenters. The molecule has 11 rings (SSSR count). The van der Waals surface area contributed by atoms with E-state index in [1.807, 2.05) is 121 Å². The third-order valence-electron chi connectivity index (χ3n) is 11.6. The van der Waals surface area contributed by atoms with Crippen LogP contribution in [0.4, 0.5) is 11.4 Å². The highest BCUT2D eigenvalue weighted by atomic mass is 15.0. The van der Waals surface area contributed by atoms with Crippen molar-refractivity contribution in [2.75, 3.05) is 0 Å². The number of para-hydroxylation sites is 1. The third-order valence-corrected chi connectivity index (χ3v) is 11.6. The minimum absolute atomic E-state index is 0.542. The van der Waals surface area contributed by atoms with Crippen molar-refractivity contribution >= 4 is 55.0 Å². The first-order valence-corrected chi connectivity index (χ1v) is 20.1. The van der Waals surface area contributed by atoms with E-state index in [9.17, 15) is 5.26 Å². The van der Waals surface area contributed by atoms with E-state index in [0.29, 0.717) is 22.8 Å². The highest BCUT2D eigenvalue weighted by Gasteiger charge is 2.18. The Kier molecular flexibility index (Phi) is 8.50. The number of aromatic nitrogens is 4. The molecule has 0 amide bonds. The van der Waals surface area contributed by atoms with Crippen LogP contribution in [0.2, 0.25) is 0 Å². The van der Waals surface area contributed by atoms with Crippen LogP contribution < -0.4 is 0 Å². The van der Waals surface area contributed by atoms with Crippen LogP contribution in [-0.4, -0.2) is 19.1 Å². The fourth-order valence-electron chi connectivity index (χ4n) is 8.69. The summed E-state index contributed by atoms with van der Waals surface area (Å²) in [6, 6.07) is 65.2. The fraction of sp³-hybridized carbons (Fsp3) is 0. The van der Waals surface area contributed by atoms with Crippen LogP contribution in [0, 0.1) is 24.5 Å². The van der Waals surface area contributed by atoms with Gasteiger partial charge in [0.1, 0.15) is 0 Å². The van der Waals surface area contributed by atoms with Crippen molar-refractivity contribution in [3.05, 3.63) is 216 Å². The molecule has 7 heteroatoms. The van der Waals surface area contributed by atoms with Gasteiger partial charge in [0, 0.05) is 38.7 Å². The molecule has 0 spiro atoms. The lowest BCUT2D eigenvalue weighted by atomic mass is 9.99. The molecule has 62 heavy (non-hydrogen) atoms. The number of fused-ring (bicyclic) bond motifs is 6. The molecule has 0 fully saturated rings. The molecule has 0 aliphatic carbocycles. The van der Waals surface area contributed by atoms with Crippen molar-refractivity contribution in [2.45, 2.75) is 0 Å². The van der Waals surface area contributed by atoms with Crippen LogP contribution >= 0.6 is 0 Å². The molecule has 7 nitrogen and oxygen atoms in total. The molecule has 0 saturated carbocycles. The molecular formula is C55H31N7. The van der Waals surface area contributed by atoms with E-state index in [-0.39, 0.29) is 0 Å². The quantitative estimate of drug-likeness (QED) is 0.158. The Bertz CT molecular complexity index is 3580. The van der Waals surface area contributed by atoms with Gasteiger partial charge in [0.15, 0.2) is 17.2 Å². The zero-order valence-electron chi connectivity index (χ0n) is 33.0. The minimum atomic E-state index is 0.542. The van der Waals surface area contributed by atoms with E-state index in [4.69, 9.17) is 23.1 Å². The Hall–Kier alpha value is -9.09. The van der Waals surface area contributed by atoms with Gasteiger partial charge in [-0.25, -0.2) is 19.7 Å². The van der Waals surface area contributed by atoms with Crippen LogP contribution in [0.25, 0.3) is 110 Å². The number of hydrogen-bond acceptors (Lipinski definition) is 3. The second-order valence-electron chi connectivity index (χ2n) is 15.1. The number of nitrogens with zero attached hydrogens (tertiary/aromatic N) is 7. The van der Waals surface area contributed by atoms with E-state index in [0.717, 1.165) is 94.2 Å². The average molecular weight is 790 g/mol. The lowest BCUT2D eigenvalue weighted by Crippen LogP contribution is -1.96. The molecular weight excluding hydrogens is 759 g/mol. The van der Waals surface area contributed by atoms with E-state index in [1.165, 1.54) is 0 Å². The van der Waals surface area contributed by atoms with Crippen molar-refractivity contribution < 1.29 is 0 Å². The summed E-state index contributed by atoms with van der Waals surface area (Å²) in [6.45, 7) is 15.9. The number of benzene rings is 8. The summed E-state index contributed by atoms with van der Waals surface area (Å²) in [4.78, 5) is 17.6. The Labute approximate surface area is 356 Å². The first-order chi connectivity index (χ1) is 30.6. The van der Waals surface area contributed by atoms with Crippen LogP contribution in [0.15, 0.2) is 188 Å². The lowest BCUT2D eigenvalue weighted by Gasteiger charge is -2.13. The van der Waals surface area contributed by atoms with Crippen molar-refractivity contribution in [2.24, 2.45) is 0 Å². The number of rotatable bonds is 6. The minimum Gasteiger partial charge on any atom is -0.309 e. The maximum absolute atomic E-state index is 9.71. The smallest absolute Gasteiger partial charge is 0.195 e. The fourth-order valence-corrected chi connectivity index (χ4v) is 8.69. The second-order valence-corrected chi connectivity index (χ2v) is 15.1. The van der Waals surface area contributed by atoms with Gasteiger partial charge >= 0.3 is 0 Å². The molecule has 0 saturated heterocycles. The van der Waals surface area contributed by atoms with Gasteiger partial charge in [-0.3, -0.25) is 0 Å². The summed E-state index contributed by atoms with van der Waals surface area (Å²) >= 11 is 0. The normalized spacial score (nSPS) is 11.2. The monoisotopic (exact) mass is 789 g/mol. The molecule has 286 valence electrons. The van der Waals surface area contributed by atoms with Gasteiger partial charge in [-0.2, -0.15) is 5.26 Å². The summed E-state index contributed by atoms with van der Waals surface area (Å²) in [7, 11) is 0. The Morgan fingerprint density at radius 3 is 1.74 bits per heavy atom. The predicted octanol–water partition coefficient (Wildman–Crippen LogP) is 14.3. The largest absolute Gasteiger partial charge is 0.309 e. The Morgan fingerprint density at radius 1 is 0.435 bits per heavy atom. The van der Waals surface area contributed by atoms with Crippen LogP contribution in [0.5, 0.6) is 0 Å². The average Bonchev–Trinajstić information content (AvgIpc) is 3.85. The topological polar surface area (TPSA) is 68.2 Å². The van der Waals surface area contributed by atoms with Gasteiger partial charge in [-0.05, 0) is 101 Å². The summed E-state index contributed by atoms with van der Waals surface area (Å²) in [6.07, 6.45) is 0. The van der Waals surface area contributed by atoms with Gasteiger partial charge in [0.05, 0.1) is 58.2 Å². The van der Waals surface area contributed by atoms with Gasteiger partial charge in [-0.15, -0.1) is 0 Å². The SMILES string of the molecule is [C-]#[N+]c1ccc2c(c1)c1cc(C#N)ccc1n2-c1ccc2c(c1)c1ccccc1n2-c1ccc(-c2ccc(-c3cc(-c4ccccc4)nc(-c4ccccc4)n3)cc2[N+]#[C-])cc1. The van der Waals surface area contributed by atoms with E-state index >= 15 is 0 Å². The van der Waals surface area contributed by atoms with Crippen molar-refractivity contribution in [3.63, 3.8) is 0 Å². The van der Waals surface area contributed by atoms with Crippen molar-refractivity contribution in [3.8, 4) is 62.5 Å². The summed E-state index contributed by atoms with van der Waals surface area (Å²) in [5.74, 6) is 0.630. The van der Waals surface area contributed by atoms with Gasteiger partial charge in [0.2, 0.25) is 0 Å². The van der Waals surface area contributed by atoms with Crippen LogP contribution in [0.1, 0.15) is 5.56 Å². The highest BCUT2D eigenvalue weighted by molar-refractivity contribution is 6.13. The number of hydrogen-bond donors (Lipinski definition) is 0. The molecule has 3 heterocycles. The van der Waals surface area contributed by atoms with E-state index in [1.54, 1.807) is 0 Å². The zero-order chi connectivity index (χ0) is 41.7. The van der Waals surface area contributed by atoms with Crippen molar-refractivity contribution in [1.82, 2.24) is 19.1 Å². The summed E-state index contributed by atoms with van der Waals surface area (Å²) in [5.41, 5.74) is 13.9. The standard InChI is InChI=1S/C55H31N7/c1-57-40-21-27-53-46(31-40)45-29-35(34-56)17-26-52(45)62(53)42-24-28-54-47(32-42)44-15-9-10-16-51(44)61(54)41-22-18-36(19-23-41)43-25-20-39(30-50(43)58-2)49-33-48(37-11-5-3-6-12-37)59-55(60-49)38-13-7-4-8-14-38/h3-33H. The van der Waals surface area contributed by atoms with Gasteiger partial charge in [-0.1, -0.05) is 109 Å². The maximum atomic E-state index is 9.71. The zero-order valence-corrected chi connectivity index (χ0v) is 33.0. The molecule has 0 bridgehead atoms. The molecule has 0 aliphatic heterocycles. The molecule has 0 unspecified atom stereocenters. The molecule has 3 aromatic heterocycles. The Morgan fingerprint density at radius 2 is 1.02 bits per heavy atom. The summed E-state index contributed by atoms with van der Waals surface area (Å²) < 4.78 is 4.50. The van der Waals surface area contributed by atoms with Crippen LogP contribution in [0.3, 0.4) is 0 Å². The molecule has 11 aromatic rings. The van der Waals surface area contributed by atoms with Crippen molar-refractivity contribution in [1.29, 1.82) is 5.26 Å². The molecule has 0 aliphatic rings. The van der Waals surface area contributed by atoms with E-state index in [2.05, 4.69) is 91.6 Å². The third kappa shape index (κ3) is 5.96. The predicted molar refractivity (Wildman–Crippen MR) is 250 cm³/mol. The lowest BCUT2D eigenvalue weighted by molar-refractivity contribution is 1.17. The van der Waals surface area contributed by atoms with Gasteiger partial charge in [0.25, 0.3) is 0 Å². The van der Waals surface area contributed by atoms with Crippen LogP contribution in [-0.2, 0) is 0 Å².